The minimum Gasteiger partial charge on any atom is -0.508 e. The average Bonchev–Trinajstić information content (AvgIpc) is 2.45. The van der Waals surface area contributed by atoms with Gasteiger partial charge in [-0.05, 0) is 46.4 Å². The highest BCUT2D eigenvalue weighted by Crippen LogP contribution is 2.32. The number of rotatable bonds is 2. The molecule has 0 saturated heterocycles. The van der Waals surface area contributed by atoms with E-state index in [1.165, 1.54) is 7.11 Å². The Bertz CT molecular complexity index is 666. The fourth-order valence-electron chi connectivity index (χ4n) is 2.32. The molecule has 3 heteroatoms. The van der Waals surface area contributed by atoms with Gasteiger partial charge < -0.3 is 9.84 Å². The number of phenols is 1. The summed E-state index contributed by atoms with van der Waals surface area (Å²) in [5, 5.41) is 9.61. The summed E-state index contributed by atoms with van der Waals surface area (Å²) >= 11 is 0. The third-order valence-corrected chi connectivity index (χ3v) is 3.41. The number of carbonyl (C=O) groups excluding carboxylic acids is 1. The van der Waals surface area contributed by atoms with E-state index in [2.05, 4.69) is 20.8 Å². The Morgan fingerprint density at radius 1 is 1.05 bits per heavy atom. The van der Waals surface area contributed by atoms with Gasteiger partial charge in [0, 0.05) is 0 Å². The van der Waals surface area contributed by atoms with E-state index in [1.54, 1.807) is 24.3 Å². The maximum absolute atomic E-state index is 11.9. The highest BCUT2D eigenvalue weighted by molar-refractivity contribution is 5.92. The predicted octanol–water partition coefficient (Wildman–Crippen LogP) is 4.14. The van der Waals surface area contributed by atoms with E-state index in [4.69, 9.17) is 4.74 Å². The van der Waals surface area contributed by atoms with Crippen molar-refractivity contribution in [2.75, 3.05) is 7.11 Å². The van der Waals surface area contributed by atoms with Crippen molar-refractivity contribution in [1.29, 1.82) is 0 Å². The quantitative estimate of drug-likeness (QED) is 0.843. The molecule has 110 valence electrons. The number of methoxy groups -OCH3 is 1. The lowest BCUT2D eigenvalue weighted by molar-refractivity contribution is 0.0598. The molecule has 2 rings (SSSR count). The highest BCUT2D eigenvalue weighted by atomic mass is 16.5. The van der Waals surface area contributed by atoms with Crippen molar-refractivity contribution in [1.82, 2.24) is 0 Å². The van der Waals surface area contributed by atoms with E-state index in [1.807, 2.05) is 18.2 Å². The molecule has 0 unspecified atom stereocenters. The van der Waals surface area contributed by atoms with Crippen molar-refractivity contribution < 1.29 is 14.6 Å². The molecule has 0 aromatic heterocycles. The topological polar surface area (TPSA) is 46.5 Å². The molecule has 0 atom stereocenters. The number of benzene rings is 2. The van der Waals surface area contributed by atoms with Crippen LogP contribution in [0.3, 0.4) is 0 Å². The second-order valence-corrected chi connectivity index (χ2v) is 6.05. The SMILES string of the molecule is COC(=O)c1ccc(-c2cccc(O)c2)cc1C(C)(C)C. The Morgan fingerprint density at radius 3 is 2.29 bits per heavy atom. The Balaban J connectivity index is 2.60. The Kier molecular flexibility index (Phi) is 4.03. The van der Waals surface area contributed by atoms with Crippen LogP contribution in [0.4, 0.5) is 0 Å². The lowest BCUT2D eigenvalue weighted by atomic mass is 9.82. The summed E-state index contributed by atoms with van der Waals surface area (Å²) in [5.74, 6) is -0.107. The molecule has 0 aliphatic heterocycles. The molecule has 1 N–H and O–H groups in total. The summed E-state index contributed by atoms with van der Waals surface area (Å²) in [7, 11) is 1.39. The zero-order valence-corrected chi connectivity index (χ0v) is 12.8. The van der Waals surface area contributed by atoms with Gasteiger partial charge in [0.2, 0.25) is 0 Å². The lowest BCUT2D eigenvalue weighted by Crippen LogP contribution is -2.17. The summed E-state index contributed by atoms with van der Waals surface area (Å²) in [6, 6.07) is 12.7. The molecule has 0 amide bonds. The van der Waals surface area contributed by atoms with Crippen LogP contribution >= 0.6 is 0 Å². The largest absolute Gasteiger partial charge is 0.508 e. The van der Waals surface area contributed by atoms with Crippen LogP contribution in [0.2, 0.25) is 0 Å². The van der Waals surface area contributed by atoms with Crippen LogP contribution < -0.4 is 0 Å². The molecular formula is C18H20O3. The van der Waals surface area contributed by atoms with Gasteiger partial charge in [0.1, 0.15) is 5.75 Å². The molecule has 3 nitrogen and oxygen atoms in total. The van der Waals surface area contributed by atoms with E-state index < -0.39 is 0 Å². The molecule has 2 aromatic rings. The van der Waals surface area contributed by atoms with Gasteiger partial charge in [0.05, 0.1) is 12.7 Å². The van der Waals surface area contributed by atoms with Crippen LogP contribution in [0, 0.1) is 0 Å². The molecule has 0 saturated carbocycles. The maximum Gasteiger partial charge on any atom is 0.338 e. The van der Waals surface area contributed by atoms with E-state index in [0.717, 1.165) is 16.7 Å². The molecule has 0 aliphatic rings. The number of ether oxygens (including phenoxy) is 1. The summed E-state index contributed by atoms with van der Waals surface area (Å²) in [4.78, 5) is 11.9. The first-order chi connectivity index (χ1) is 9.82. The van der Waals surface area contributed by atoms with Crippen molar-refractivity contribution in [3.63, 3.8) is 0 Å². The van der Waals surface area contributed by atoms with E-state index in [-0.39, 0.29) is 17.1 Å². The fourth-order valence-corrected chi connectivity index (χ4v) is 2.32. The summed E-state index contributed by atoms with van der Waals surface area (Å²) in [5.41, 5.74) is 3.19. The van der Waals surface area contributed by atoms with Crippen molar-refractivity contribution in [2.45, 2.75) is 26.2 Å². The van der Waals surface area contributed by atoms with Crippen molar-refractivity contribution in [2.24, 2.45) is 0 Å². The van der Waals surface area contributed by atoms with Gasteiger partial charge >= 0.3 is 5.97 Å². The second-order valence-electron chi connectivity index (χ2n) is 6.05. The van der Waals surface area contributed by atoms with Crippen LogP contribution in [-0.2, 0) is 10.2 Å². The number of hydrogen-bond acceptors (Lipinski definition) is 3. The standard InChI is InChI=1S/C18H20O3/c1-18(2,3)16-11-13(8-9-15(16)17(20)21-4)12-6-5-7-14(19)10-12/h5-11,19H,1-4H3. The van der Waals surface area contributed by atoms with Gasteiger partial charge in [-0.2, -0.15) is 0 Å². The number of carbonyl (C=O) groups is 1. The normalized spacial score (nSPS) is 11.2. The summed E-state index contributed by atoms with van der Waals surface area (Å²) in [6.45, 7) is 6.17. The molecule has 0 fully saturated rings. The van der Waals surface area contributed by atoms with Gasteiger partial charge in [-0.15, -0.1) is 0 Å². The Hall–Kier alpha value is -2.29. The van der Waals surface area contributed by atoms with Gasteiger partial charge in [0.15, 0.2) is 0 Å². The number of esters is 1. The molecular weight excluding hydrogens is 264 g/mol. The number of aromatic hydroxyl groups is 1. The van der Waals surface area contributed by atoms with Crippen LogP contribution in [0.15, 0.2) is 42.5 Å². The summed E-state index contributed by atoms with van der Waals surface area (Å²) in [6.07, 6.45) is 0. The molecule has 2 aromatic carbocycles. The zero-order valence-electron chi connectivity index (χ0n) is 12.8. The first kappa shape index (κ1) is 15.1. The summed E-state index contributed by atoms with van der Waals surface area (Å²) < 4.78 is 4.86. The predicted molar refractivity (Wildman–Crippen MR) is 83.6 cm³/mol. The first-order valence-corrected chi connectivity index (χ1v) is 6.85. The molecule has 0 spiro atoms. The van der Waals surface area contributed by atoms with Gasteiger partial charge in [0.25, 0.3) is 0 Å². The van der Waals surface area contributed by atoms with Gasteiger partial charge in [-0.25, -0.2) is 4.79 Å². The Labute approximate surface area is 125 Å². The molecule has 21 heavy (non-hydrogen) atoms. The van der Waals surface area contributed by atoms with Crippen molar-refractivity contribution in [3.05, 3.63) is 53.6 Å². The Morgan fingerprint density at radius 2 is 1.71 bits per heavy atom. The van der Waals surface area contributed by atoms with Crippen molar-refractivity contribution in [3.8, 4) is 16.9 Å². The van der Waals surface area contributed by atoms with Crippen molar-refractivity contribution >= 4 is 5.97 Å². The lowest BCUT2D eigenvalue weighted by Gasteiger charge is -2.23. The zero-order chi connectivity index (χ0) is 15.6. The number of phenolic OH excluding ortho intramolecular Hbond substituents is 1. The maximum atomic E-state index is 11.9. The molecule has 0 radical (unpaired) electrons. The monoisotopic (exact) mass is 284 g/mol. The van der Waals surface area contributed by atoms with Crippen LogP contribution in [0.5, 0.6) is 5.75 Å². The van der Waals surface area contributed by atoms with E-state index in [9.17, 15) is 9.90 Å². The third-order valence-electron chi connectivity index (χ3n) is 3.41. The fraction of sp³-hybridized carbons (Fsp3) is 0.278. The van der Waals surface area contributed by atoms with Gasteiger partial charge in [-0.3, -0.25) is 0 Å². The average molecular weight is 284 g/mol. The van der Waals surface area contributed by atoms with Gasteiger partial charge in [-0.1, -0.05) is 39.0 Å². The minimum absolute atomic E-state index is 0.184. The highest BCUT2D eigenvalue weighted by Gasteiger charge is 2.22. The minimum atomic E-state index is -0.331. The number of hydrogen-bond donors (Lipinski definition) is 1. The first-order valence-electron chi connectivity index (χ1n) is 6.85. The van der Waals surface area contributed by atoms with E-state index >= 15 is 0 Å². The van der Waals surface area contributed by atoms with Crippen LogP contribution in [0.25, 0.3) is 11.1 Å². The van der Waals surface area contributed by atoms with Crippen LogP contribution in [0.1, 0.15) is 36.7 Å². The third kappa shape index (κ3) is 3.24. The molecule has 0 aliphatic carbocycles. The second kappa shape index (κ2) is 5.60. The van der Waals surface area contributed by atoms with Crippen LogP contribution in [-0.4, -0.2) is 18.2 Å². The molecule has 0 heterocycles. The molecule has 0 bridgehead atoms. The smallest absolute Gasteiger partial charge is 0.338 e. The van der Waals surface area contributed by atoms with E-state index in [0.29, 0.717) is 5.56 Å².